The first-order chi connectivity index (χ1) is 11.1. The van der Waals surface area contributed by atoms with Crippen molar-refractivity contribution in [3.05, 3.63) is 51.3 Å². The fourth-order valence-corrected chi connectivity index (χ4v) is 2.81. The smallest absolute Gasteiger partial charge is 0.294 e. The molecule has 2 aromatic rings. The minimum Gasteiger partial charge on any atom is -0.294 e. The van der Waals surface area contributed by atoms with Crippen LogP contribution in [0.3, 0.4) is 0 Å². The van der Waals surface area contributed by atoms with Gasteiger partial charge in [0.1, 0.15) is 5.69 Å². The predicted molar refractivity (Wildman–Crippen MR) is 79.0 cm³/mol. The molecular weight excluding hydrogens is 347 g/mol. The third kappa shape index (κ3) is 4.07. The van der Waals surface area contributed by atoms with E-state index in [4.69, 9.17) is 0 Å². The fourth-order valence-electron chi connectivity index (χ4n) is 1.83. The standard InChI is InChI=1S/C14H10F3N3O3S/c1-7-5-12(14(15,16)17)19-13(18-7)24-11-4-3-9(20(22)23)6-10(11)8(2)21/h3-6H,1-2H3. The number of aromatic nitrogens is 2. The molecular formula is C14H10F3N3O3S. The van der Waals surface area contributed by atoms with Crippen LogP contribution in [0.1, 0.15) is 28.7 Å². The Balaban J connectivity index is 2.46. The van der Waals surface area contributed by atoms with Gasteiger partial charge in [0.25, 0.3) is 5.69 Å². The van der Waals surface area contributed by atoms with E-state index in [-0.39, 0.29) is 27.0 Å². The molecule has 1 aromatic carbocycles. The third-order valence-electron chi connectivity index (χ3n) is 2.88. The number of rotatable bonds is 4. The van der Waals surface area contributed by atoms with Gasteiger partial charge in [-0.05, 0) is 37.7 Å². The van der Waals surface area contributed by atoms with E-state index >= 15 is 0 Å². The summed E-state index contributed by atoms with van der Waals surface area (Å²) >= 11 is 0.742. The van der Waals surface area contributed by atoms with E-state index in [1.165, 1.54) is 19.9 Å². The summed E-state index contributed by atoms with van der Waals surface area (Å²) in [7, 11) is 0. The highest BCUT2D eigenvalue weighted by atomic mass is 32.2. The zero-order chi connectivity index (χ0) is 18.1. The number of carbonyl (C=O) groups is 1. The van der Waals surface area contributed by atoms with Gasteiger partial charge in [0.15, 0.2) is 10.9 Å². The van der Waals surface area contributed by atoms with Crippen LogP contribution in [0.25, 0.3) is 0 Å². The van der Waals surface area contributed by atoms with Gasteiger partial charge in [0, 0.05) is 28.3 Å². The molecule has 0 saturated carbocycles. The molecule has 0 amide bonds. The van der Waals surface area contributed by atoms with Crippen LogP contribution in [-0.2, 0) is 6.18 Å². The number of hydrogen-bond donors (Lipinski definition) is 0. The lowest BCUT2D eigenvalue weighted by atomic mass is 10.1. The molecule has 2 rings (SSSR count). The Morgan fingerprint density at radius 2 is 1.92 bits per heavy atom. The summed E-state index contributed by atoms with van der Waals surface area (Å²) in [4.78, 5) is 29.4. The lowest BCUT2D eigenvalue weighted by molar-refractivity contribution is -0.384. The number of non-ortho nitro benzene ring substituents is 1. The first-order valence-electron chi connectivity index (χ1n) is 6.48. The Kier molecular flexibility index (Phi) is 4.88. The van der Waals surface area contributed by atoms with Crippen LogP contribution in [0, 0.1) is 17.0 Å². The van der Waals surface area contributed by atoms with Gasteiger partial charge in [0.2, 0.25) is 0 Å². The number of ketones is 1. The lowest BCUT2D eigenvalue weighted by Crippen LogP contribution is -2.10. The molecule has 0 N–H and O–H groups in total. The summed E-state index contributed by atoms with van der Waals surface area (Å²) in [5.41, 5.74) is -1.24. The molecule has 1 aromatic heterocycles. The first-order valence-corrected chi connectivity index (χ1v) is 7.29. The SMILES string of the molecule is CC(=O)c1cc([N+](=O)[O-])ccc1Sc1nc(C)cc(C(F)(F)F)n1. The zero-order valence-corrected chi connectivity index (χ0v) is 13.2. The van der Waals surface area contributed by atoms with E-state index in [1.54, 1.807) is 0 Å². The van der Waals surface area contributed by atoms with Gasteiger partial charge in [0.05, 0.1) is 4.92 Å². The highest BCUT2D eigenvalue weighted by molar-refractivity contribution is 7.99. The van der Waals surface area contributed by atoms with Crippen molar-refractivity contribution in [1.29, 1.82) is 0 Å². The van der Waals surface area contributed by atoms with Crippen LogP contribution in [0.2, 0.25) is 0 Å². The molecule has 0 radical (unpaired) electrons. The largest absolute Gasteiger partial charge is 0.433 e. The van der Waals surface area contributed by atoms with Crippen LogP contribution in [0.5, 0.6) is 0 Å². The molecule has 0 bridgehead atoms. The molecule has 0 spiro atoms. The average molecular weight is 357 g/mol. The zero-order valence-electron chi connectivity index (χ0n) is 12.4. The van der Waals surface area contributed by atoms with E-state index in [1.807, 2.05) is 0 Å². The monoisotopic (exact) mass is 357 g/mol. The number of Topliss-reactive ketones (excluding diaryl/α,β-unsaturated/α-hetero) is 1. The van der Waals surface area contributed by atoms with Crippen molar-refractivity contribution < 1.29 is 22.9 Å². The Bertz CT molecular complexity index is 825. The van der Waals surface area contributed by atoms with Crippen molar-refractivity contribution in [3.8, 4) is 0 Å². The van der Waals surface area contributed by atoms with E-state index in [9.17, 15) is 28.1 Å². The van der Waals surface area contributed by atoms with Gasteiger partial charge < -0.3 is 0 Å². The molecule has 24 heavy (non-hydrogen) atoms. The fraction of sp³-hybridized carbons (Fsp3) is 0.214. The normalized spacial score (nSPS) is 11.4. The molecule has 0 saturated heterocycles. The van der Waals surface area contributed by atoms with Gasteiger partial charge in [-0.2, -0.15) is 13.2 Å². The molecule has 0 aliphatic rings. The third-order valence-corrected chi connectivity index (χ3v) is 3.82. The Morgan fingerprint density at radius 1 is 1.25 bits per heavy atom. The molecule has 0 atom stereocenters. The molecule has 0 aliphatic carbocycles. The average Bonchev–Trinajstić information content (AvgIpc) is 2.45. The number of aryl methyl sites for hydroxylation is 1. The number of hydrogen-bond acceptors (Lipinski definition) is 6. The van der Waals surface area contributed by atoms with Crippen LogP contribution in [-0.4, -0.2) is 20.7 Å². The van der Waals surface area contributed by atoms with Crippen molar-refractivity contribution >= 4 is 23.2 Å². The maximum atomic E-state index is 12.8. The maximum Gasteiger partial charge on any atom is 0.433 e. The molecule has 0 aliphatic heterocycles. The van der Waals surface area contributed by atoms with Gasteiger partial charge >= 0.3 is 6.18 Å². The summed E-state index contributed by atoms with van der Waals surface area (Å²) in [6, 6.07) is 4.34. The molecule has 6 nitrogen and oxygen atoms in total. The topological polar surface area (TPSA) is 86.0 Å². The highest BCUT2D eigenvalue weighted by Gasteiger charge is 2.33. The lowest BCUT2D eigenvalue weighted by Gasteiger charge is -2.10. The second-order valence-corrected chi connectivity index (χ2v) is 5.78. The number of alkyl halides is 3. The van der Waals surface area contributed by atoms with Gasteiger partial charge in [-0.15, -0.1) is 0 Å². The first kappa shape index (κ1) is 17.9. The van der Waals surface area contributed by atoms with E-state index in [2.05, 4.69) is 9.97 Å². The minimum absolute atomic E-state index is 0.0212. The molecule has 1 heterocycles. The number of benzene rings is 1. The van der Waals surface area contributed by atoms with Crippen LogP contribution < -0.4 is 0 Å². The van der Waals surface area contributed by atoms with Gasteiger partial charge in [-0.25, -0.2) is 9.97 Å². The molecule has 10 heteroatoms. The van der Waals surface area contributed by atoms with Crippen LogP contribution in [0.4, 0.5) is 18.9 Å². The summed E-state index contributed by atoms with van der Waals surface area (Å²) in [5.74, 6) is -0.454. The number of halogens is 3. The van der Waals surface area contributed by atoms with E-state index in [0.29, 0.717) is 0 Å². The van der Waals surface area contributed by atoms with Crippen LogP contribution in [0.15, 0.2) is 34.3 Å². The maximum absolute atomic E-state index is 12.8. The quantitative estimate of drug-likeness (QED) is 0.355. The summed E-state index contributed by atoms with van der Waals surface area (Å²) < 4.78 is 38.4. The number of nitro groups is 1. The van der Waals surface area contributed by atoms with Crippen molar-refractivity contribution in [3.63, 3.8) is 0 Å². The van der Waals surface area contributed by atoms with E-state index in [0.717, 1.165) is 30.0 Å². The van der Waals surface area contributed by atoms with Gasteiger partial charge in [-0.3, -0.25) is 14.9 Å². The van der Waals surface area contributed by atoms with E-state index < -0.39 is 22.6 Å². The van der Waals surface area contributed by atoms with Gasteiger partial charge in [-0.1, -0.05) is 0 Å². The molecule has 126 valence electrons. The predicted octanol–water partition coefficient (Wildman–Crippen LogP) is 4.07. The van der Waals surface area contributed by atoms with Crippen molar-refractivity contribution in [1.82, 2.24) is 9.97 Å². The highest BCUT2D eigenvalue weighted by Crippen LogP contribution is 2.34. The van der Waals surface area contributed by atoms with Crippen LogP contribution >= 0.6 is 11.8 Å². The molecule has 0 fully saturated rings. The number of nitrogens with zero attached hydrogens (tertiary/aromatic N) is 3. The Labute approximate surface area is 138 Å². The summed E-state index contributed by atoms with van der Waals surface area (Å²) in [6.45, 7) is 2.60. The second kappa shape index (κ2) is 6.56. The Morgan fingerprint density at radius 3 is 2.46 bits per heavy atom. The van der Waals surface area contributed by atoms with Crippen molar-refractivity contribution in [2.24, 2.45) is 0 Å². The minimum atomic E-state index is -4.62. The number of carbonyl (C=O) groups excluding carboxylic acids is 1. The van der Waals surface area contributed by atoms with Crippen molar-refractivity contribution in [2.45, 2.75) is 30.1 Å². The summed E-state index contributed by atoms with van der Waals surface area (Å²) in [6.07, 6.45) is -4.62. The van der Waals surface area contributed by atoms with Crippen molar-refractivity contribution in [2.75, 3.05) is 0 Å². The summed E-state index contributed by atoms with van der Waals surface area (Å²) in [5, 5.41) is 10.6. The second-order valence-electron chi connectivity index (χ2n) is 4.77. The molecule has 0 unspecified atom stereocenters. The Hall–Kier alpha value is -2.49. The number of nitro benzene ring substituents is 1.